The Hall–Kier alpha value is -1.44. The van der Waals surface area contributed by atoms with Crippen molar-refractivity contribution in [3.8, 4) is 0 Å². The average molecular weight is 148 g/mol. The third kappa shape index (κ3) is 1.52. The summed E-state index contributed by atoms with van der Waals surface area (Å²) < 4.78 is 0. The van der Waals surface area contributed by atoms with E-state index >= 15 is 0 Å². The highest BCUT2D eigenvalue weighted by molar-refractivity contribution is 5.72. The molecule has 0 fully saturated rings. The molecule has 0 radical (unpaired) electrons. The summed E-state index contributed by atoms with van der Waals surface area (Å²) in [6.07, 6.45) is 0. The van der Waals surface area contributed by atoms with Crippen molar-refractivity contribution in [1.82, 2.24) is 0 Å². The lowest BCUT2D eigenvalue weighted by Gasteiger charge is -2.06. The molecule has 1 aromatic rings. The summed E-state index contributed by atoms with van der Waals surface area (Å²) in [6.45, 7) is 3.67. The number of hydrogen-bond donors (Lipinski definition) is 2. The van der Waals surface area contributed by atoms with Crippen LogP contribution < -0.4 is 11.1 Å². The molecule has 2 nitrogen and oxygen atoms in total. The van der Waals surface area contributed by atoms with Crippen molar-refractivity contribution in [3.63, 3.8) is 0 Å². The van der Waals surface area contributed by atoms with E-state index in [4.69, 9.17) is 5.73 Å². The first-order valence-electron chi connectivity index (χ1n) is 3.47. The molecule has 0 amide bonds. The Kier molecular flexibility index (Phi) is 2.16. The van der Waals surface area contributed by atoms with Crippen LogP contribution in [0, 0.1) is 0 Å². The Bertz CT molecular complexity index is 266. The Balaban J connectivity index is 3.12. The van der Waals surface area contributed by atoms with Crippen molar-refractivity contribution in [1.29, 1.82) is 0 Å². The first kappa shape index (κ1) is 7.66. The van der Waals surface area contributed by atoms with E-state index in [0.717, 1.165) is 11.3 Å². The highest BCUT2D eigenvalue weighted by Crippen LogP contribution is 2.17. The molecule has 0 spiro atoms. The second-order valence-electron chi connectivity index (χ2n) is 2.32. The third-order valence-corrected chi connectivity index (χ3v) is 1.54. The Morgan fingerprint density at radius 1 is 1.45 bits per heavy atom. The highest BCUT2D eigenvalue weighted by Gasteiger charge is 1.98. The maximum absolute atomic E-state index is 5.56. The van der Waals surface area contributed by atoms with Gasteiger partial charge >= 0.3 is 0 Å². The van der Waals surface area contributed by atoms with Gasteiger partial charge in [0.05, 0.1) is 0 Å². The SMILES string of the molecule is C=C(N)c1ccccc1NC. The topological polar surface area (TPSA) is 38.0 Å². The molecule has 0 aromatic heterocycles. The van der Waals surface area contributed by atoms with Crippen LogP contribution in [0.3, 0.4) is 0 Å². The fourth-order valence-corrected chi connectivity index (χ4v) is 0.981. The molecule has 1 aromatic carbocycles. The molecule has 2 heteroatoms. The first-order chi connectivity index (χ1) is 5.25. The number of rotatable bonds is 2. The predicted octanol–water partition coefficient (Wildman–Crippen LogP) is 1.66. The minimum Gasteiger partial charge on any atom is -0.399 e. The zero-order chi connectivity index (χ0) is 8.27. The molecule has 3 N–H and O–H groups in total. The molecule has 0 unspecified atom stereocenters. The van der Waals surface area contributed by atoms with E-state index in [1.54, 1.807) is 0 Å². The maximum atomic E-state index is 5.56. The van der Waals surface area contributed by atoms with Gasteiger partial charge in [0, 0.05) is 24.0 Å². The summed E-state index contributed by atoms with van der Waals surface area (Å²) in [6, 6.07) is 7.80. The summed E-state index contributed by atoms with van der Waals surface area (Å²) in [4.78, 5) is 0. The number of nitrogens with two attached hydrogens (primary N) is 1. The number of hydrogen-bond acceptors (Lipinski definition) is 2. The summed E-state index contributed by atoms with van der Waals surface area (Å²) in [5, 5.41) is 3.04. The van der Waals surface area contributed by atoms with E-state index in [1.165, 1.54) is 0 Å². The monoisotopic (exact) mass is 148 g/mol. The molecule has 0 aliphatic rings. The van der Waals surface area contributed by atoms with Crippen LogP contribution in [-0.4, -0.2) is 7.05 Å². The molecule has 0 saturated carbocycles. The Labute approximate surface area is 66.7 Å². The summed E-state index contributed by atoms with van der Waals surface area (Å²) in [5.41, 5.74) is 8.13. The number of nitrogens with one attached hydrogen (secondary N) is 1. The van der Waals surface area contributed by atoms with Crippen molar-refractivity contribution in [2.24, 2.45) is 5.73 Å². The predicted molar refractivity (Wildman–Crippen MR) is 49.2 cm³/mol. The van der Waals surface area contributed by atoms with E-state index in [0.29, 0.717) is 5.70 Å². The van der Waals surface area contributed by atoms with Crippen LogP contribution in [0.15, 0.2) is 30.8 Å². The Morgan fingerprint density at radius 3 is 2.55 bits per heavy atom. The van der Waals surface area contributed by atoms with E-state index in [2.05, 4.69) is 11.9 Å². The van der Waals surface area contributed by atoms with Gasteiger partial charge in [0.1, 0.15) is 0 Å². The zero-order valence-electron chi connectivity index (χ0n) is 6.59. The van der Waals surface area contributed by atoms with Gasteiger partial charge in [-0.1, -0.05) is 24.8 Å². The molecule has 0 saturated heterocycles. The van der Waals surface area contributed by atoms with Gasteiger partial charge in [-0.05, 0) is 6.07 Å². The van der Waals surface area contributed by atoms with Gasteiger partial charge in [-0.2, -0.15) is 0 Å². The van der Waals surface area contributed by atoms with Gasteiger partial charge < -0.3 is 11.1 Å². The summed E-state index contributed by atoms with van der Waals surface area (Å²) >= 11 is 0. The zero-order valence-corrected chi connectivity index (χ0v) is 6.59. The lowest BCUT2D eigenvalue weighted by molar-refractivity contribution is 1.45. The van der Waals surface area contributed by atoms with Crippen LogP contribution in [0.25, 0.3) is 5.70 Å². The van der Waals surface area contributed by atoms with Gasteiger partial charge in [0.2, 0.25) is 0 Å². The molecule has 0 aliphatic heterocycles. The van der Waals surface area contributed by atoms with Gasteiger partial charge in [-0.15, -0.1) is 0 Å². The van der Waals surface area contributed by atoms with Crippen molar-refractivity contribution in [2.45, 2.75) is 0 Å². The first-order valence-corrected chi connectivity index (χ1v) is 3.47. The number of para-hydroxylation sites is 1. The number of benzene rings is 1. The normalized spacial score (nSPS) is 9.18. The van der Waals surface area contributed by atoms with Crippen LogP contribution in [0.1, 0.15) is 5.56 Å². The minimum absolute atomic E-state index is 0.593. The van der Waals surface area contributed by atoms with Crippen molar-refractivity contribution in [2.75, 3.05) is 12.4 Å². The standard InChI is InChI=1S/C9H12N2/c1-7(10)8-5-3-4-6-9(8)11-2/h3-6,11H,1,10H2,2H3. The lowest BCUT2D eigenvalue weighted by atomic mass is 10.1. The largest absolute Gasteiger partial charge is 0.399 e. The van der Waals surface area contributed by atoms with Crippen LogP contribution in [0.4, 0.5) is 5.69 Å². The van der Waals surface area contributed by atoms with E-state index < -0.39 is 0 Å². The number of anilines is 1. The van der Waals surface area contributed by atoms with Crippen molar-refractivity contribution < 1.29 is 0 Å². The molecule has 0 bridgehead atoms. The molecule has 58 valence electrons. The van der Waals surface area contributed by atoms with Crippen molar-refractivity contribution >= 4 is 11.4 Å². The fraction of sp³-hybridized carbons (Fsp3) is 0.111. The van der Waals surface area contributed by atoms with E-state index in [1.807, 2.05) is 31.3 Å². The molecule has 0 heterocycles. The maximum Gasteiger partial charge on any atom is 0.0431 e. The second kappa shape index (κ2) is 3.10. The summed E-state index contributed by atoms with van der Waals surface area (Å²) in [5.74, 6) is 0. The molecular formula is C9H12N2. The highest BCUT2D eigenvalue weighted by atomic mass is 14.8. The third-order valence-electron chi connectivity index (χ3n) is 1.54. The van der Waals surface area contributed by atoms with Crippen LogP contribution in [0.2, 0.25) is 0 Å². The molecule has 0 aliphatic carbocycles. The fourth-order valence-electron chi connectivity index (χ4n) is 0.981. The average Bonchev–Trinajstić information content (AvgIpc) is 2.04. The molecular weight excluding hydrogens is 136 g/mol. The quantitative estimate of drug-likeness (QED) is 0.669. The van der Waals surface area contributed by atoms with Gasteiger partial charge in [0.15, 0.2) is 0 Å². The van der Waals surface area contributed by atoms with Gasteiger partial charge in [-0.25, -0.2) is 0 Å². The van der Waals surface area contributed by atoms with Crippen LogP contribution in [0.5, 0.6) is 0 Å². The Morgan fingerprint density at radius 2 is 2.09 bits per heavy atom. The van der Waals surface area contributed by atoms with Crippen LogP contribution >= 0.6 is 0 Å². The minimum atomic E-state index is 0.593. The van der Waals surface area contributed by atoms with E-state index in [9.17, 15) is 0 Å². The molecule has 11 heavy (non-hydrogen) atoms. The van der Waals surface area contributed by atoms with Gasteiger partial charge in [-0.3, -0.25) is 0 Å². The second-order valence-corrected chi connectivity index (χ2v) is 2.32. The lowest BCUT2D eigenvalue weighted by Crippen LogP contribution is -1.99. The van der Waals surface area contributed by atoms with Crippen molar-refractivity contribution in [3.05, 3.63) is 36.4 Å². The van der Waals surface area contributed by atoms with E-state index in [-0.39, 0.29) is 0 Å². The van der Waals surface area contributed by atoms with Crippen LogP contribution in [-0.2, 0) is 0 Å². The molecule has 1 rings (SSSR count). The molecule has 0 atom stereocenters. The van der Waals surface area contributed by atoms with Gasteiger partial charge in [0.25, 0.3) is 0 Å². The smallest absolute Gasteiger partial charge is 0.0431 e. The summed E-state index contributed by atoms with van der Waals surface area (Å²) in [7, 11) is 1.86.